The van der Waals surface area contributed by atoms with Crippen molar-refractivity contribution in [3.63, 3.8) is 0 Å². The normalized spacial score (nSPS) is 12.8. The first-order valence-corrected chi connectivity index (χ1v) is 7.37. The maximum Gasteiger partial charge on any atom is 0.283 e. The van der Waals surface area contributed by atoms with Crippen LogP contribution in [-0.4, -0.2) is 22.4 Å². The van der Waals surface area contributed by atoms with Gasteiger partial charge in [0, 0.05) is 18.2 Å². The maximum absolute atomic E-state index is 11.9. The summed E-state index contributed by atoms with van der Waals surface area (Å²) in [6.45, 7) is 7.88. The van der Waals surface area contributed by atoms with Crippen LogP contribution in [0.15, 0.2) is 22.7 Å². The second kappa shape index (κ2) is 7.00. The Labute approximate surface area is 132 Å². The molecule has 0 saturated carbocycles. The molecule has 1 rings (SSSR count). The summed E-state index contributed by atoms with van der Waals surface area (Å²) >= 11 is 3.14. The molecule has 7 heteroatoms. The van der Waals surface area contributed by atoms with Gasteiger partial charge < -0.3 is 10.6 Å². The number of hydrogen-bond acceptors (Lipinski definition) is 4. The molecule has 2 N–H and O–H groups in total. The number of halogens is 1. The van der Waals surface area contributed by atoms with Gasteiger partial charge >= 0.3 is 0 Å². The lowest BCUT2D eigenvalue weighted by atomic mass is 10.1. The molecule has 21 heavy (non-hydrogen) atoms. The molecule has 0 aliphatic heterocycles. The lowest BCUT2D eigenvalue weighted by Crippen LogP contribution is -2.49. The van der Waals surface area contributed by atoms with Crippen molar-refractivity contribution in [3.8, 4) is 0 Å². The Morgan fingerprint density at radius 2 is 2.05 bits per heavy atom. The monoisotopic (exact) mass is 357 g/mol. The molecule has 0 aliphatic rings. The van der Waals surface area contributed by atoms with Gasteiger partial charge in [-0.25, -0.2) is 0 Å². The van der Waals surface area contributed by atoms with Gasteiger partial charge in [0.1, 0.15) is 0 Å². The standard InChI is InChI=1S/C14H20BrN3O3/c1-9(13(19)17-14(2,3)4)16-8-10-5-6-11(15)12(7-10)18(20)21/h5-7,9,16H,8H2,1-4H3,(H,17,19). The van der Waals surface area contributed by atoms with Crippen LogP contribution in [0.2, 0.25) is 0 Å². The largest absolute Gasteiger partial charge is 0.350 e. The Morgan fingerprint density at radius 3 is 2.57 bits per heavy atom. The highest BCUT2D eigenvalue weighted by atomic mass is 79.9. The minimum Gasteiger partial charge on any atom is -0.350 e. The maximum atomic E-state index is 11.9. The second-order valence-corrected chi connectivity index (χ2v) is 6.74. The molecule has 0 aromatic heterocycles. The fraction of sp³-hybridized carbons (Fsp3) is 0.500. The molecule has 1 atom stereocenters. The summed E-state index contributed by atoms with van der Waals surface area (Å²) in [5, 5.41) is 16.8. The van der Waals surface area contributed by atoms with E-state index in [1.165, 1.54) is 6.07 Å². The molecule has 0 fully saturated rings. The highest BCUT2D eigenvalue weighted by Crippen LogP contribution is 2.25. The molecule has 6 nitrogen and oxygen atoms in total. The Hall–Kier alpha value is -1.47. The Balaban J connectivity index is 2.65. The summed E-state index contributed by atoms with van der Waals surface area (Å²) in [6, 6.07) is 4.52. The molecule has 116 valence electrons. The smallest absolute Gasteiger partial charge is 0.283 e. The average Bonchev–Trinajstić information content (AvgIpc) is 2.34. The molecule has 0 radical (unpaired) electrons. The quantitative estimate of drug-likeness (QED) is 0.626. The minimum absolute atomic E-state index is 0.0149. The van der Waals surface area contributed by atoms with Crippen LogP contribution >= 0.6 is 15.9 Å². The number of benzene rings is 1. The zero-order chi connectivity index (χ0) is 16.2. The summed E-state index contributed by atoms with van der Waals surface area (Å²) in [5.74, 6) is -0.103. The van der Waals surface area contributed by atoms with E-state index in [9.17, 15) is 14.9 Å². The van der Waals surface area contributed by atoms with Crippen molar-refractivity contribution in [3.05, 3.63) is 38.3 Å². The van der Waals surface area contributed by atoms with Gasteiger partial charge in [-0.1, -0.05) is 6.07 Å². The summed E-state index contributed by atoms with van der Waals surface area (Å²) < 4.78 is 0.440. The molecule has 0 spiro atoms. The lowest BCUT2D eigenvalue weighted by molar-refractivity contribution is -0.385. The van der Waals surface area contributed by atoms with E-state index in [2.05, 4.69) is 26.6 Å². The van der Waals surface area contributed by atoms with Crippen molar-refractivity contribution < 1.29 is 9.72 Å². The number of nitrogens with one attached hydrogen (secondary N) is 2. The first-order valence-electron chi connectivity index (χ1n) is 6.58. The summed E-state index contributed by atoms with van der Waals surface area (Å²) in [4.78, 5) is 22.3. The second-order valence-electron chi connectivity index (χ2n) is 5.88. The molecule has 0 aliphatic carbocycles. The van der Waals surface area contributed by atoms with E-state index < -0.39 is 4.92 Å². The number of nitrogens with zero attached hydrogens (tertiary/aromatic N) is 1. The SMILES string of the molecule is CC(NCc1ccc(Br)c([N+](=O)[O-])c1)C(=O)NC(C)(C)C. The summed E-state index contributed by atoms with van der Waals surface area (Å²) in [7, 11) is 0. The number of rotatable bonds is 5. The Morgan fingerprint density at radius 1 is 1.43 bits per heavy atom. The molecule has 0 heterocycles. The van der Waals surface area contributed by atoms with Gasteiger partial charge in [0.2, 0.25) is 5.91 Å². The van der Waals surface area contributed by atoms with Crippen LogP contribution < -0.4 is 10.6 Å². The number of nitro benzene ring substituents is 1. The van der Waals surface area contributed by atoms with Crippen LogP contribution in [0.25, 0.3) is 0 Å². The summed E-state index contributed by atoms with van der Waals surface area (Å²) in [5.41, 5.74) is 0.477. The first-order chi connectivity index (χ1) is 9.60. The average molecular weight is 358 g/mol. The molecule has 0 bridgehead atoms. The van der Waals surface area contributed by atoms with E-state index in [-0.39, 0.29) is 23.2 Å². The topological polar surface area (TPSA) is 84.3 Å². The Kier molecular flexibility index (Phi) is 5.86. The van der Waals surface area contributed by atoms with E-state index in [0.717, 1.165) is 5.56 Å². The van der Waals surface area contributed by atoms with Crippen molar-refractivity contribution in [2.75, 3.05) is 0 Å². The van der Waals surface area contributed by atoms with Gasteiger partial charge in [-0.3, -0.25) is 14.9 Å². The first kappa shape index (κ1) is 17.6. The predicted molar refractivity (Wildman–Crippen MR) is 85.0 cm³/mol. The number of carbonyl (C=O) groups excluding carboxylic acids is 1. The van der Waals surface area contributed by atoms with Crippen LogP contribution in [0.3, 0.4) is 0 Å². The van der Waals surface area contributed by atoms with E-state index in [4.69, 9.17) is 0 Å². The van der Waals surface area contributed by atoms with Gasteiger partial charge in [0.05, 0.1) is 15.4 Å². The van der Waals surface area contributed by atoms with Crippen LogP contribution in [0, 0.1) is 10.1 Å². The van der Waals surface area contributed by atoms with Gasteiger partial charge in [0.25, 0.3) is 5.69 Å². The predicted octanol–water partition coefficient (Wildman–Crippen LogP) is 2.75. The number of hydrogen-bond donors (Lipinski definition) is 2. The van der Waals surface area contributed by atoms with E-state index >= 15 is 0 Å². The third-order valence-electron chi connectivity index (χ3n) is 2.71. The summed E-state index contributed by atoms with van der Waals surface area (Å²) in [6.07, 6.45) is 0. The molecule has 1 unspecified atom stereocenters. The fourth-order valence-electron chi connectivity index (χ4n) is 1.65. The van der Waals surface area contributed by atoms with Crippen molar-refractivity contribution in [2.24, 2.45) is 0 Å². The van der Waals surface area contributed by atoms with Crippen molar-refractivity contribution in [2.45, 2.75) is 45.8 Å². The third kappa shape index (κ3) is 5.81. The highest BCUT2D eigenvalue weighted by molar-refractivity contribution is 9.10. The number of carbonyl (C=O) groups is 1. The van der Waals surface area contributed by atoms with Crippen LogP contribution in [0.5, 0.6) is 0 Å². The van der Waals surface area contributed by atoms with Crippen molar-refractivity contribution in [1.29, 1.82) is 0 Å². The fourth-order valence-corrected chi connectivity index (χ4v) is 2.04. The molecule has 1 aromatic carbocycles. The minimum atomic E-state index is -0.441. The van der Waals surface area contributed by atoms with Gasteiger partial charge in [-0.2, -0.15) is 0 Å². The molecular formula is C14H20BrN3O3. The Bertz CT molecular complexity index is 541. The van der Waals surface area contributed by atoms with Gasteiger partial charge in [-0.15, -0.1) is 0 Å². The van der Waals surface area contributed by atoms with E-state index in [1.54, 1.807) is 19.1 Å². The molecule has 1 aromatic rings. The van der Waals surface area contributed by atoms with Gasteiger partial charge in [0.15, 0.2) is 0 Å². The van der Waals surface area contributed by atoms with Crippen LogP contribution in [0.4, 0.5) is 5.69 Å². The molecular weight excluding hydrogens is 338 g/mol. The van der Waals surface area contributed by atoms with E-state index in [1.807, 2.05) is 20.8 Å². The van der Waals surface area contributed by atoms with Gasteiger partial charge in [-0.05, 0) is 55.3 Å². The van der Waals surface area contributed by atoms with Crippen molar-refractivity contribution >= 4 is 27.5 Å². The number of amides is 1. The van der Waals surface area contributed by atoms with Crippen molar-refractivity contribution in [1.82, 2.24) is 10.6 Å². The molecule has 1 amide bonds. The van der Waals surface area contributed by atoms with Crippen LogP contribution in [-0.2, 0) is 11.3 Å². The van der Waals surface area contributed by atoms with E-state index in [0.29, 0.717) is 11.0 Å². The third-order valence-corrected chi connectivity index (χ3v) is 3.38. The zero-order valence-corrected chi connectivity index (χ0v) is 14.2. The highest BCUT2D eigenvalue weighted by Gasteiger charge is 2.19. The zero-order valence-electron chi connectivity index (χ0n) is 12.6. The van der Waals surface area contributed by atoms with Crippen LogP contribution in [0.1, 0.15) is 33.3 Å². The number of nitro groups is 1. The molecule has 0 saturated heterocycles. The lowest BCUT2D eigenvalue weighted by Gasteiger charge is -2.23.